The Morgan fingerprint density at radius 2 is 2.19 bits per heavy atom. The van der Waals surface area contributed by atoms with Crippen LogP contribution < -0.4 is 10.6 Å². The Labute approximate surface area is 153 Å². The molecular weight excluding hydrogens is 330 g/mol. The molecule has 2 N–H and O–H groups in total. The first kappa shape index (κ1) is 17.9. The van der Waals surface area contributed by atoms with Gasteiger partial charge in [0.25, 0.3) is 0 Å². The second-order valence-corrected chi connectivity index (χ2v) is 6.67. The summed E-state index contributed by atoms with van der Waals surface area (Å²) < 4.78 is 11.1. The number of ether oxygens (including phenoxy) is 2. The molecule has 1 heterocycles. The van der Waals surface area contributed by atoms with Crippen molar-refractivity contribution >= 4 is 17.3 Å². The Kier molecular flexibility index (Phi) is 5.17. The molecule has 0 spiro atoms. The monoisotopic (exact) mass is 353 g/mol. The number of nitriles is 1. The average Bonchev–Trinajstić information content (AvgIpc) is 3.03. The molecule has 2 unspecified atom stereocenters. The molecular formula is C20H23N3O3. The minimum atomic E-state index is -0.545. The number of rotatable bonds is 5. The lowest BCUT2D eigenvalue weighted by Crippen LogP contribution is -2.26. The smallest absolute Gasteiger partial charge is 0.227 e. The van der Waals surface area contributed by atoms with Gasteiger partial charge in [-0.3, -0.25) is 4.79 Å². The summed E-state index contributed by atoms with van der Waals surface area (Å²) in [6, 6.07) is 9.46. The van der Waals surface area contributed by atoms with Gasteiger partial charge in [0.1, 0.15) is 11.8 Å². The van der Waals surface area contributed by atoms with Crippen LogP contribution >= 0.6 is 0 Å². The van der Waals surface area contributed by atoms with Crippen LogP contribution in [0, 0.1) is 23.2 Å². The summed E-state index contributed by atoms with van der Waals surface area (Å²) >= 11 is 0. The molecule has 1 amide bonds. The van der Waals surface area contributed by atoms with E-state index in [-0.39, 0.29) is 17.7 Å². The maximum Gasteiger partial charge on any atom is 0.227 e. The lowest BCUT2D eigenvalue weighted by molar-refractivity contribution is -0.117. The molecule has 1 fully saturated rings. The van der Waals surface area contributed by atoms with Crippen LogP contribution in [0.5, 0.6) is 0 Å². The number of hydrogen-bond acceptors (Lipinski definition) is 5. The van der Waals surface area contributed by atoms with E-state index in [9.17, 15) is 4.79 Å². The molecule has 0 radical (unpaired) electrons. The number of allylic oxidation sites excluding steroid dienone is 3. The van der Waals surface area contributed by atoms with Crippen molar-refractivity contribution < 1.29 is 14.3 Å². The van der Waals surface area contributed by atoms with Gasteiger partial charge in [-0.15, -0.1) is 0 Å². The summed E-state index contributed by atoms with van der Waals surface area (Å²) in [5, 5.41) is 9.00. The van der Waals surface area contributed by atoms with Crippen LogP contribution in [0.25, 0.3) is 0 Å². The van der Waals surface area contributed by atoms with Crippen molar-refractivity contribution in [2.24, 2.45) is 11.8 Å². The molecule has 3 atom stereocenters. The van der Waals surface area contributed by atoms with Gasteiger partial charge in [0.05, 0.1) is 7.11 Å². The first-order valence-corrected chi connectivity index (χ1v) is 8.69. The summed E-state index contributed by atoms with van der Waals surface area (Å²) in [6.45, 7) is 2.34. The minimum absolute atomic E-state index is 0.100. The lowest BCUT2D eigenvalue weighted by atomic mass is 9.85. The normalized spacial score (nSPS) is 23.7. The van der Waals surface area contributed by atoms with Gasteiger partial charge in [-0.2, -0.15) is 5.26 Å². The Morgan fingerprint density at radius 3 is 2.88 bits per heavy atom. The van der Waals surface area contributed by atoms with E-state index in [0.29, 0.717) is 36.6 Å². The number of hydrogen-bond donors (Lipinski definition) is 1. The number of carbonyl (C=O) groups excluding carboxylic acids is 1. The van der Waals surface area contributed by atoms with Gasteiger partial charge < -0.3 is 20.1 Å². The van der Waals surface area contributed by atoms with Crippen molar-refractivity contribution in [2.45, 2.75) is 25.9 Å². The Balaban J connectivity index is 1.73. The fourth-order valence-electron chi connectivity index (χ4n) is 3.50. The van der Waals surface area contributed by atoms with E-state index in [1.807, 2.05) is 30.3 Å². The molecule has 0 aromatic heterocycles. The number of carbonyl (C=O) groups is 1. The van der Waals surface area contributed by atoms with Gasteiger partial charge >= 0.3 is 0 Å². The number of anilines is 2. The van der Waals surface area contributed by atoms with Crippen molar-refractivity contribution in [3.63, 3.8) is 0 Å². The van der Waals surface area contributed by atoms with E-state index < -0.39 is 6.10 Å². The van der Waals surface area contributed by atoms with E-state index >= 15 is 0 Å². The van der Waals surface area contributed by atoms with Crippen LogP contribution in [0.15, 0.2) is 47.9 Å². The lowest BCUT2D eigenvalue weighted by Gasteiger charge is -2.26. The van der Waals surface area contributed by atoms with Crippen LogP contribution in [0.4, 0.5) is 11.4 Å². The molecule has 3 rings (SSSR count). The largest absolute Gasteiger partial charge is 0.493 e. The van der Waals surface area contributed by atoms with E-state index in [1.54, 1.807) is 18.9 Å². The van der Waals surface area contributed by atoms with Crippen LogP contribution in [-0.4, -0.2) is 25.7 Å². The Hall–Kier alpha value is -2.94. The number of nitrogens with two attached hydrogens (primary N) is 1. The number of amides is 1. The maximum atomic E-state index is 12.5. The van der Waals surface area contributed by atoms with Gasteiger partial charge in [0.15, 0.2) is 11.9 Å². The third kappa shape index (κ3) is 3.67. The molecule has 136 valence electrons. The molecule has 1 aromatic rings. The SMILES string of the molecule is COC1=C(OC(C)C#N)CC([C@H]2CC(=O)N(c3cccc(N)c3)C2)C=C1. The number of benzene rings is 1. The van der Waals surface area contributed by atoms with Crippen molar-refractivity contribution in [1.82, 2.24) is 0 Å². The second-order valence-electron chi connectivity index (χ2n) is 6.67. The average molecular weight is 353 g/mol. The molecule has 6 heteroatoms. The summed E-state index contributed by atoms with van der Waals surface area (Å²) in [4.78, 5) is 14.3. The fraction of sp³-hybridized carbons (Fsp3) is 0.400. The quantitative estimate of drug-likeness (QED) is 0.822. The van der Waals surface area contributed by atoms with Crippen LogP contribution in [0.1, 0.15) is 19.8 Å². The highest BCUT2D eigenvalue weighted by molar-refractivity contribution is 5.96. The molecule has 1 aromatic carbocycles. The van der Waals surface area contributed by atoms with Crippen LogP contribution in [0.2, 0.25) is 0 Å². The van der Waals surface area contributed by atoms with Gasteiger partial charge in [-0.05, 0) is 43.0 Å². The highest BCUT2D eigenvalue weighted by Gasteiger charge is 2.36. The molecule has 6 nitrogen and oxygen atoms in total. The van der Waals surface area contributed by atoms with Gasteiger partial charge in [0.2, 0.25) is 5.91 Å². The third-order valence-electron chi connectivity index (χ3n) is 4.85. The fourth-order valence-corrected chi connectivity index (χ4v) is 3.50. The maximum absolute atomic E-state index is 12.5. The molecule has 1 aliphatic carbocycles. The van der Waals surface area contributed by atoms with E-state index in [0.717, 1.165) is 5.69 Å². The van der Waals surface area contributed by atoms with E-state index in [4.69, 9.17) is 20.5 Å². The molecule has 0 saturated carbocycles. The van der Waals surface area contributed by atoms with Gasteiger partial charge in [0, 0.05) is 30.8 Å². The summed E-state index contributed by atoms with van der Waals surface area (Å²) in [5.41, 5.74) is 7.32. The highest BCUT2D eigenvalue weighted by Crippen LogP contribution is 2.37. The molecule has 26 heavy (non-hydrogen) atoms. The van der Waals surface area contributed by atoms with Crippen LogP contribution in [0.3, 0.4) is 0 Å². The third-order valence-corrected chi connectivity index (χ3v) is 4.85. The predicted molar refractivity (Wildman–Crippen MR) is 98.8 cm³/mol. The Morgan fingerprint density at radius 1 is 1.38 bits per heavy atom. The zero-order valence-electron chi connectivity index (χ0n) is 15.0. The number of methoxy groups -OCH3 is 1. The van der Waals surface area contributed by atoms with E-state index in [2.05, 4.69) is 12.1 Å². The summed E-state index contributed by atoms with van der Waals surface area (Å²) in [6.07, 6.45) is 4.50. The van der Waals surface area contributed by atoms with Gasteiger partial charge in [-0.1, -0.05) is 12.1 Å². The van der Waals surface area contributed by atoms with Gasteiger partial charge in [-0.25, -0.2) is 0 Å². The molecule has 0 bridgehead atoms. The molecule has 1 saturated heterocycles. The van der Waals surface area contributed by atoms with Crippen molar-refractivity contribution in [3.05, 3.63) is 47.9 Å². The van der Waals surface area contributed by atoms with Crippen LogP contribution in [-0.2, 0) is 14.3 Å². The number of nitrogens with zero attached hydrogens (tertiary/aromatic N) is 2. The van der Waals surface area contributed by atoms with Crippen molar-refractivity contribution in [3.8, 4) is 6.07 Å². The highest BCUT2D eigenvalue weighted by atomic mass is 16.5. The topological polar surface area (TPSA) is 88.6 Å². The number of nitrogen functional groups attached to an aromatic ring is 1. The Bertz CT molecular complexity index is 794. The van der Waals surface area contributed by atoms with E-state index in [1.165, 1.54) is 0 Å². The first-order valence-electron chi connectivity index (χ1n) is 8.69. The summed E-state index contributed by atoms with van der Waals surface area (Å²) in [5.74, 6) is 1.74. The second kappa shape index (κ2) is 7.52. The first-order chi connectivity index (χ1) is 12.5. The predicted octanol–water partition coefficient (Wildman–Crippen LogP) is 2.98. The molecule has 2 aliphatic rings. The zero-order valence-corrected chi connectivity index (χ0v) is 15.0. The van der Waals surface area contributed by atoms with Crippen molar-refractivity contribution in [1.29, 1.82) is 5.26 Å². The standard InChI is InChI=1S/C20H23N3O3/c1-13(11-21)26-19-8-14(6-7-18(19)25-2)15-9-20(24)23(12-15)17-5-3-4-16(22)10-17/h3-7,10,13-15H,8-9,12,22H2,1-2H3/t13?,14?,15-/m0/s1. The molecule has 1 aliphatic heterocycles. The zero-order chi connectivity index (χ0) is 18.7. The minimum Gasteiger partial charge on any atom is -0.493 e. The van der Waals surface area contributed by atoms with Crippen molar-refractivity contribution in [2.75, 3.05) is 24.3 Å². The summed E-state index contributed by atoms with van der Waals surface area (Å²) in [7, 11) is 1.58.